The molecule has 4 aromatic carbocycles. The van der Waals surface area contributed by atoms with Crippen LogP contribution in [0.3, 0.4) is 0 Å². The van der Waals surface area contributed by atoms with Crippen LogP contribution in [0.4, 0.5) is 0 Å². The Morgan fingerprint density at radius 3 is 2.11 bits per heavy atom. The Morgan fingerprint density at radius 1 is 0.722 bits per heavy atom. The summed E-state index contributed by atoms with van der Waals surface area (Å²) in [6, 6.07) is 31.1. The average molecular weight is 525 g/mol. The van der Waals surface area contributed by atoms with E-state index in [2.05, 4.69) is 15.8 Å². The number of carbonyl (C=O) groups excluding carboxylic acids is 2. The van der Waals surface area contributed by atoms with Crippen LogP contribution < -0.4 is 0 Å². The molecule has 1 aliphatic carbocycles. The number of nitrogens with zero attached hydrogens (tertiary/aromatic N) is 2. The molecule has 4 nitrogen and oxygen atoms in total. The fourth-order valence-corrected chi connectivity index (χ4v) is 7.31. The number of hydrogen-bond donors (Lipinski definition) is 0. The second-order valence-corrected chi connectivity index (χ2v) is 11.6. The van der Waals surface area contributed by atoms with Crippen molar-refractivity contribution in [1.29, 1.82) is 0 Å². The monoisotopic (exact) mass is 524 g/mol. The number of aliphatic imine (C=N–C) groups is 1. The predicted molar refractivity (Wildman–Crippen MR) is 149 cm³/mol. The lowest BCUT2D eigenvalue weighted by atomic mass is 9.83. The minimum atomic E-state index is -0.112. The largest absolute Gasteiger partial charge is 0.289 e. The van der Waals surface area contributed by atoms with E-state index in [9.17, 15) is 9.59 Å². The highest BCUT2D eigenvalue weighted by Gasteiger charge is 2.34. The summed E-state index contributed by atoms with van der Waals surface area (Å²) in [5.41, 5.74) is 4.01. The van der Waals surface area contributed by atoms with Gasteiger partial charge in [-0.1, -0.05) is 103 Å². The molecule has 0 unspecified atom stereocenters. The zero-order valence-corrected chi connectivity index (χ0v) is 21.5. The summed E-state index contributed by atoms with van der Waals surface area (Å²) in [6.45, 7) is 0.555. The van der Waals surface area contributed by atoms with Crippen molar-refractivity contribution in [3.05, 3.63) is 130 Å². The first-order valence-electron chi connectivity index (χ1n) is 11.4. The lowest BCUT2D eigenvalue weighted by Crippen LogP contribution is -2.22. The molecule has 2 aliphatic rings. The van der Waals surface area contributed by atoms with Crippen molar-refractivity contribution >= 4 is 52.3 Å². The van der Waals surface area contributed by atoms with Gasteiger partial charge in [-0.2, -0.15) is 3.71 Å². The smallest absolute Gasteiger partial charge is 0.195 e. The van der Waals surface area contributed by atoms with Gasteiger partial charge in [-0.05, 0) is 35.7 Å². The Balaban J connectivity index is 1.36. The van der Waals surface area contributed by atoms with Crippen molar-refractivity contribution < 1.29 is 9.59 Å². The first-order chi connectivity index (χ1) is 17.7. The molecule has 176 valence electrons. The minimum Gasteiger partial charge on any atom is -0.289 e. The van der Waals surface area contributed by atoms with E-state index < -0.39 is 0 Å². The van der Waals surface area contributed by atoms with E-state index in [4.69, 9.17) is 4.99 Å². The van der Waals surface area contributed by atoms with E-state index in [0.29, 0.717) is 28.9 Å². The molecule has 0 saturated heterocycles. The number of ketones is 2. The van der Waals surface area contributed by atoms with Crippen molar-refractivity contribution in [2.45, 2.75) is 15.5 Å². The standard InChI is InChI=1S/C29H20N2O2S3/c32-26-21-13-7-8-14-22(21)27(33)25-23(26)15-16-24(28(25)35-20-11-5-2-6-12-20)29-30-18-31(36-29)34-17-19-9-3-1-4-10-19/h1-16H,17-18H2. The summed E-state index contributed by atoms with van der Waals surface area (Å²) in [6.07, 6.45) is 0. The number of rotatable bonds is 6. The number of benzene rings is 4. The van der Waals surface area contributed by atoms with Crippen LogP contribution in [-0.2, 0) is 5.75 Å². The Morgan fingerprint density at radius 2 is 1.36 bits per heavy atom. The van der Waals surface area contributed by atoms with Gasteiger partial charge in [-0.15, -0.1) is 0 Å². The number of fused-ring (bicyclic) bond motifs is 2. The molecule has 0 N–H and O–H groups in total. The Bertz CT molecular complexity index is 1500. The van der Waals surface area contributed by atoms with Gasteiger partial charge in [-0.25, -0.2) is 0 Å². The van der Waals surface area contributed by atoms with Crippen LogP contribution in [0.2, 0.25) is 0 Å². The van der Waals surface area contributed by atoms with Gasteiger partial charge >= 0.3 is 0 Å². The molecular weight excluding hydrogens is 505 g/mol. The maximum atomic E-state index is 13.7. The van der Waals surface area contributed by atoms with Gasteiger partial charge in [0.2, 0.25) is 0 Å². The van der Waals surface area contributed by atoms with Crippen LogP contribution in [-0.4, -0.2) is 27.0 Å². The lowest BCUT2D eigenvalue weighted by Gasteiger charge is -2.22. The highest BCUT2D eigenvalue weighted by Crippen LogP contribution is 2.43. The average Bonchev–Trinajstić information content (AvgIpc) is 3.40. The summed E-state index contributed by atoms with van der Waals surface area (Å²) in [4.78, 5) is 33.7. The van der Waals surface area contributed by atoms with Crippen molar-refractivity contribution in [3.8, 4) is 0 Å². The lowest BCUT2D eigenvalue weighted by molar-refractivity contribution is 0.0977. The topological polar surface area (TPSA) is 49.7 Å². The second-order valence-electron chi connectivity index (χ2n) is 8.27. The van der Waals surface area contributed by atoms with E-state index in [-0.39, 0.29) is 11.6 Å². The minimum absolute atomic E-state index is 0.109. The van der Waals surface area contributed by atoms with Crippen LogP contribution in [0.1, 0.15) is 43.0 Å². The Hall–Kier alpha value is -3.10. The molecule has 7 heteroatoms. The summed E-state index contributed by atoms with van der Waals surface area (Å²) in [7, 11) is 0. The van der Waals surface area contributed by atoms with Crippen LogP contribution in [0, 0.1) is 0 Å². The normalized spacial score (nSPS) is 14.9. The van der Waals surface area contributed by atoms with E-state index >= 15 is 0 Å². The molecule has 0 atom stereocenters. The van der Waals surface area contributed by atoms with Crippen LogP contribution >= 0.6 is 35.7 Å². The zero-order valence-electron chi connectivity index (χ0n) is 19.1. The second kappa shape index (κ2) is 10.1. The van der Waals surface area contributed by atoms with Crippen molar-refractivity contribution in [3.63, 3.8) is 0 Å². The van der Waals surface area contributed by atoms with Gasteiger partial charge in [0.05, 0.1) is 0 Å². The third-order valence-electron chi connectivity index (χ3n) is 5.98. The van der Waals surface area contributed by atoms with Gasteiger partial charge in [0.15, 0.2) is 11.6 Å². The van der Waals surface area contributed by atoms with Gasteiger partial charge in [0.25, 0.3) is 0 Å². The van der Waals surface area contributed by atoms with Crippen molar-refractivity contribution in [2.75, 3.05) is 6.67 Å². The summed E-state index contributed by atoms with van der Waals surface area (Å²) < 4.78 is 2.15. The van der Waals surface area contributed by atoms with Crippen LogP contribution in [0.25, 0.3) is 0 Å². The molecule has 0 radical (unpaired) electrons. The summed E-state index contributed by atoms with van der Waals surface area (Å²) in [5, 5.41) is 0.857. The van der Waals surface area contributed by atoms with Gasteiger partial charge in [0, 0.05) is 43.4 Å². The maximum absolute atomic E-state index is 13.7. The predicted octanol–water partition coefficient (Wildman–Crippen LogP) is 7.13. The van der Waals surface area contributed by atoms with E-state index in [1.54, 1.807) is 48.2 Å². The fraction of sp³-hybridized carbons (Fsp3) is 0.0690. The molecular formula is C29H20N2O2S3. The summed E-state index contributed by atoms with van der Waals surface area (Å²) in [5.74, 6) is 0.637. The van der Waals surface area contributed by atoms with E-state index in [0.717, 1.165) is 26.2 Å². The molecule has 36 heavy (non-hydrogen) atoms. The Labute approximate surface area is 222 Å². The molecule has 0 saturated carbocycles. The molecule has 0 fully saturated rings. The highest BCUT2D eigenvalue weighted by molar-refractivity contribution is 8.21. The fourth-order valence-electron chi connectivity index (χ4n) is 4.24. The van der Waals surface area contributed by atoms with E-state index in [1.807, 2.05) is 60.7 Å². The van der Waals surface area contributed by atoms with Gasteiger partial charge in [0.1, 0.15) is 11.7 Å². The highest BCUT2D eigenvalue weighted by atomic mass is 32.2. The first-order valence-corrected chi connectivity index (χ1v) is 14.0. The molecule has 4 aromatic rings. The van der Waals surface area contributed by atoms with Crippen LogP contribution in [0.5, 0.6) is 0 Å². The van der Waals surface area contributed by atoms with Crippen LogP contribution in [0.15, 0.2) is 112 Å². The molecule has 1 heterocycles. The number of hydrogen-bond acceptors (Lipinski definition) is 7. The maximum Gasteiger partial charge on any atom is 0.195 e. The molecule has 0 amide bonds. The molecule has 6 rings (SSSR count). The number of carbonyl (C=O) groups is 2. The summed E-state index contributed by atoms with van der Waals surface area (Å²) >= 11 is 4.82. The SMILES string of the molecule is O=C1c2ccccc2C(=O)c2c1ccc(C1=NCN(SCc3ccccc3)S1)c2Sc1ccccc1. The van der Waals surface area contributed by atoms with Crippen molar-refractivity contribution in [2.24, 2.45) is 4.99 Å². The van der Waals surface area contributed by atoms with Gasteiger partial charge in [-0.3, -0.25) is 14.6 Å². The van der Waals surface area contributed by atoms with Gasteiger partial charge < -0.3 is 0 Å². The molecule has 1 aliphatic heterocycles. The van der Waals surface area contributed by atoms with E-state index in [1.165, 1.54) is 17.3 Å². The quantitative estimate of drug-likeness (QED) is 0.220. The molecule has 0 aromatic heterocycles. The molecule has 0 bridgehead atoms. The zero-order chi connectivity index (χ0) is 24.5. The third-order valence-corrected chi connectivity index (χ3v) is 9.36. The third kappa shape index (κ3) is 4.44. The van der Waals surface area contributed by atoms with Crippen molar-refractivity contribution in [1.82, 2.24) is 3.71 Å². The molecule has 0 spiro atoms. The first kappa shape index (κ1) is 23.3. The Kier molecular flexibility index (Phi) is 6.54.